The number of hydrogen-bond acceptors (Lipinski definition) is 7. The highest BCUT2D eigenvalue weighted by molar-refractivity contribution is 7.12. The second kappa shape index (κ2) is 7.57. The van der Waals surface area contributed by atoms with Gasteiger partial charge in [0, 0.05) is 18.1 Å². The summed E-state index contributed by atoms with van der Waals surface area (Å²) >= 11 is 1.70. The second-order valence-corrected chi connectivity index (χ2v) is 8.03. The molecule has 2 aliphatic rings. The van der Waals surface area contributed by atoms with E-state index in [2.05, 4.69) is 23.6 Å². The predicted molar refractivity (Wildman–Crippen MR) is 116 cm³/mol. The Bertz CT molecular complexity index is 1100. The van der Waals surface area contributed by atoms with Crippen LogP contribution in [0, 0.1) is 0 Å². The largest absolute Gasteiger partial charge is 0.496 e. The van der Waals surface area contributed by atoms with Crippen LogP contribution in [0.4, 0.5) is 0 Å². The van der Waals surface area contributed by atoms with Gasteiger partial charge in [-0.1, -0.05) is 24.3 Å². The van der Waals surface area contributed by atoms with Gasteiger partial charge >= 0.3 is 0 Å². The van der Waals surface area contributed by atoms with Gasteiger partial charge in [-0.2, -0.15) is 5.10 Å². The molecule has 2 atom stereocenters. The van der Waals surface area contributed by atoms with E-state index < -0.39 is 6.23 Å². The maximum absolute atomic E-state index is 6.46. The van der Waals surface area contributed by atoms with E-state index in [0.717, 1.165) is 29.0 Å². The number of para-hydroxylation sites is 1. The van der Waals surface area contributed by atoms with Crippen molar-refractivity contribution in [2.75, 3.05) is 21.3 Å². The van der Waals surface area contributed by atoms with E-state index >= 15 is 0 Å². The van der Waals surface area contributed by atoms with Crippen LogP contribution in [0.2, 0.25) is 0 Å². The molecule has 30 heavy (non-hydrogen) atoms. The first-order valence-corrected chi connectivity index (χ1v) is 10.6. The molecule has 0 saturated heterocycles. The minimum atomic E-state index is -0.447. The van der Waals surface area contributed by atoms with Crippen molar-refractivity contribution in [3.63, 3.8) is 0 Å². The van der Waals surface area contributed by atoms with Crippen molar-refractivity contribution >= 4 is 17.0 Å². The number of thiophene rings is 1. The van der Waals surface area contributed by atoms with Crippen LogP contribution in [0.25, 0.3) is 0 Å². The van der Waals surface area contributed by atoms with Gasteiger partial charge in [0.05, 0.1) is 43.5 Å². The van der Waals surface area contributed by atoms with Crippen molar-refractivity contribution < 1.29 is 18.9 Å². The maximum atomic E-state index is 6.46. The second-order valence-electron chi connectivity index (χ2n) is 7.08. The molecule has 0 spiro atoms. The zero-order valence-corrected chi connectivity index (χ0v) is 17.8. The van der Waals surface area contributed by atoms with E-state index in [1.807, 2.05) is 35.3 Å². The Kier molecular flexibility index (Phi) is 4.75. The summed E-state index contributed by atoms with van der Waals surface area (Å²) in [6.07, 6.45) is 0.379. The van der Waals surface area contributed by atoms with Crippen molar-refractivity contribution in [1.29, 1.82) is 0 Å². The third-order valence-electron chi connectivity index (χ3n) is 5.51. The minimum Gasteiger partial charge on any atom is -0.496 e. The zero-order valence-electron chi connectivity index (χ0n) is 17.0. The molecule has 3 heterocycles. The quantitative estimate of drug-likeness (QED) is 0.578. The molecule has 0 N–H and O–H groups in total. The summed E-state index contributed by atoms with van der Waals surface area (Å²) < 4.78 is 23.1. The number of benzene rings is 2. The molecule has 5 rings (SSSR count). The van der Waals surface area contributed by atoms with Crippen LogP contribution < -0.4 is 18.9 Å². The average Bonchev–Trinajstić information content (AvgIpc) is 3.47. The van der Waals surface area contributed by atoms with E-state index in [1.165, 1.54) is 4.88 Å². The number of methoxy groups -OCH3 is 3. The number of ether oxygens (including phenoxy) is 4. The fourth-order valence-corrected chi connectivity index (χ4v) is 4.80. The van der Waals surface area contributed by atoms with Gasteiger partial charge in [-0.15, -0.1) is 11.3 Å². The summed E-state index contributed by atoms with van der Waals surface area (Å²) in [5.74, 6) is 2.75. The maximum Gasteiger partial charge on any atom is 0.217 e. The van der Waals surface area contributed by atoms with Crippen LogP contribution in [-0.2, 0) is 0 Å². The van der Waals surface area contributed by atoms with Gasteiger partial charge in [-0.3, -0.25) is 0 Å². The number of nitrogens with zero attached hydrogens (tertiary/aromatic N) is 2. The molecule has 0 unspecified atom stereocenters. The molecule has 0 fully saturated rings. The number of hydrazone groups is 1. The highest BCUT2D eigenvalue weighted by atomic mass is 32.1. The van der Waals surface area contributed by atoms with Crippen LogP contribution in [0.5, 0.6) is 23.0 Å². The molecule has 0 saturated carbocycles. The molecule has 7 heteroatoms. The Hall–Kier alpha value is -3.19. The van der Waals surface area contributed by atoms with E-state index in [0.29, 0.717) is 17.2 Å². The van der Waals surface area contributed by atoms with Crippen LogP contribution in [0.3, 0.4) is 0 Å². The Morgan fingerprint density at radius 2 is 1.70 bits per heavy atom. The van der Waals surface area contributed by atoms with Crippen LogP contribution in [0.1, 0.15) is 34.7 Å². The fourth-order valence-electron chi connectivity index (χ4n) is 4.08. The van der Waals surface area contributed by atoms with Gasteiger partial charge in [0.15, 0.2) is 11.5 Å². The molecular formula is C23H22N2O4S. The van der Waals surface area contributed by atoms with Gasteiger partial charge in [0.2, 0.25) is 6.23 Å². The molecule has 0 radical (unpaired) electrons. The summed E-state index contributed by atoms with van der Waals surface area (Å²) in [6.45, 7) is 0. The number of fused-ring (bicyclic) bond motifs is 3. The summed E-state index contributed by atoms with van der Waals surface area (Å²) in [5.41, 5.74) is 3.05. The number of hydrogen-bond donors (Lipinski definition) is 0. The molecular weight excluding hydrogens is 400 g/mol. The van der Waals surface area contributed by atoms with E-state index in [-0.39, 0.29) is 6.04 Å². The number of rotatable bonds is 5. The van der Waals surface area contributed by atoms with Crippen molar-refractivity contribution in [3.05, 3.63) is 69.9 Å². The molecule has 2 aromatic carbocycles. The van der Waals surface area contributed by atoms with Crippen molar-refractivity contribution in [2.45, 2.75) is 18.7 Å². The summed E-state index contributed by atoms with van der Waals surface area (Å²) in [5, 5.41) is 9.11. The predicted octanol–water partition coefficient (Wildman–Crippen LogP) is 5.02. The Morgan fingerprint density at radius 3 is 2.43 bits per heavy atom. The van der Waals surface area contributed by atoms with Crippen molar-refractivity contribution in [2.24, 2.45) is 5.10 Å². The van der Waals surface area contributed by atoms with Gasteiger partial charge < -0.3 is 18.9 Å². The lowest BCUT2D eigenvalue weighted by molar-refractivity contribution is -0.0205. The van der Waals surface area contributed by atoms with Crippen LogP contribution >= 0.6 is 11.3 Å². The smallest absolute Gasteiger partial charge is 0.217 e. The highest BCUT2D eigenvalue weighted by Gasteiger charge is 2.42. The van der Waals surface area contributed by atoms with E-state index in [4.69, 9.17) is 24.0 Å². The van der Waals surface area contributed by atoms with Crippen molar-refractivity contribution in [3.8, 4) is 23.0 Å². The van der Waals surface area contributed by atoms with E-state index in [1.54, 1.807) is 32.7 Å². The first kappa shape index (κ1) is 18.8. The summed E-state index contributed by atoms with van der Waals surface area (Å²) in [4.78, 5) is 1.18. The first-order chi connectivity index (χ1) is 14.7. The van der Waals surface area contributed by atoms with Crippen molar-refractivity contribution in [1.82, 2.24) is 5.01 Å². The molecule has 2 aliphatic heterocycles. The Balaban J connectivity index is 1.64. The normalized spacial score (nSPS) is 19.4. The molecule has 0 aliphatic carbocycles. The molecule has 1 aromatic heterocycles. The van der Waals surface area contributed by atoms with Gasteiger partial charge in [-0.25, -0.2) is 5.01 Å². The molecule has 0 amide bonds. The topological polar surface area (TPSA) is 52.5 Å². The minimum absolute atomic E-state index is 0.0925. The average molecular weight is 423 g/mol. The fraction of sp³-hybridized carbons (Fsp3) is 0.261. The summed E-state index contributed by atoms with van der Waals surface area (Å²) in [7, 11) is 4.87. The monoisotopic (exact) mass is 422 g/mol. The van der Waals surface area contributed by atoms with Crippen LogP contribution in [0.15, 0.2) is 59.0 Å². The SMILES string of the molecule is COc1cc(OC)c([C@H]2Oc3ccccc3[C@H]3CC(c4cccs4)=NN32)cc1OC. The molecule has 0 bridgehead atoms. The molecule has 6 nitrogen and oxygen atoms in total. The first-order valence-electron chi connectivity index (χ1n) is 9.68. The molecule has 154 valence electrons. The zero-order chi connectivity index (χ0) is 20.7. The Labute approximate surface area is 179 Å². The Morgan fingerprint density at radius 1 is 0.933 bits per heavy atom. The van der Waals surface area contributed by atoms with Gasteiger partial charge in [0.1, 0.15) is 11.5 Å². The van der Waals surface area contributed by atoms with Gasteiger partial charge in [-0.05, 0) is 23.6 Å². The van der Waals surface area contributed by atoms with Gasteiger partial charge in [0.25, 0.3) is 0 Å². The standard InChI is InChI=1S/C23H22N2O4S/c1-26-19-13-21(28-3)20(27-2)11-15(19)23-25-17(14-7-4-5-8-18(14)29-23)12-16(24-25)22-9-6-10-30-22/h4-11,13,17,23H,12H2,1-3H3/t17-,23-/m1/s1. The summed E-state index contributed by atoms with van der Waals surface area (Å²) in [6, 6.07) is 16.2. The lowest BCUT2D eigenvalue weighted by atomic mass is 9.97. The lowest BCUT2D eigenvalue weighted by Gasteiger charge is -2.38. The third kappa shape index (κ3) is 2.97. The van der Waals surface area contributed by atoms with E-state index in [9.17, 15) is 0 Å². The van der Waals surface area contributed by atoms with Crippen LogP contribution in [-0.4, -0.2) is 32.0 Å². The lowest BCUT2D eigenvalue weighted by Crippen LogP contribution is -2.34. The molecule has 3 aromatic rings. The highest BCUT2D eigenvalue weighted by Crippen LogP contribution is 2.50. The third-order valence-corrected chi connectivity index (χ3v) is 6.43.